The van der Waals surface area contributed by atoms with Gasteiger partial charge in [0.05, 0.1) is 23.8 Å². The number of nitrogens with one attached hydrogen (secondary N) is 1. The quantitative estimate of drug-likeness (QED) is 0.942. The van der Waals surface area contributed by atoms with E-state index in [1.54, 1.807) is 42.6 Å². The molecule has 0 radical (unpaired) electrons. The number of aryl methyl sites for hydroxylation is 1. The molecule has 1 amide bonds. The van der Waals surface area contributed by atoms with Crippen LogP contribution < -0.4 is 0 Å². The molecular formula is C17H18N4O2. The van der Waals surface area contributed by atoms with Crippen LogP contribution in [0.15, 0.2) is 30.6 Å². The Balaban J connectivity index is 1.92. The van der Waals surface area contributed by atoms with E-state index in [-0.39, 0.29) is 18.1 Å². The van der Waals surface area contributed by atoms with Crippen LogP contribution >= 0.6 is 0 Å². The molecule has 1 saturated heterocycles. The van der Waals surface area contributed by atoms with Crippen molar-refractivity contribution in [3.8, 4) is 6.07 Å². The summed E-state index contributed by atoms with van der Waals surface area (Å²) in [4.78, 5) is 22.2. The summed E-state index contributed by atoms with van der Waals surface area (Å²) in [6.07, 6.45) is 4.15. The summed E-state index contributed by atoms with van der Waals surface area (Å²) < 4.78 is 5.44. The van der Waals surface area contributed by atoms with Crippen LogP contribution in [0, 0.1) is 18.3 Å². The molecule has 2 atom stereocenters. The van der Waals surface area contributed by atoms with Crippen LogP contribution in [0.25, 0.3) is 0 Å². The predicted octanol–water partition coefficient (Wildman–Crippen LogP) is 2.19. The first kappa shape index (κ1) is 15.3. The van der Waals surface area contributed by atoms with Crippen LogP contribution in [-0.2, 0) is 4.74 Å². The number of aromatic nitrogens is 2. The van der Waals surface area contributed by atoms with E-state index in [0.717, 1.165) is 11.4 Å². The minimum absolute atomic E-state index is 0.00672. The van der Waals surface area contributed by atoms with Gasteiger partial charge in [-0.25, -0.2) is 4.98 Å². The van der Waals surface area contributed by atoms with E-state index in [1.165, 1.54) is 0 Å². The fourth-order valence-electron chi connectivity index (χ4n) is 3.04. The number of hydrogen-bond donors (Lipinski definition) is 1. The van der Waals surface area contributed by atoms with E-state index in [9.17, 15) is 4.79 Å². The lowest BCUT2D eigenvalue weighted by molar-refractivity contribution is 0.0684. The van der Waals surface area contributed by atoms with Crippen molar-refractivity contribution in [3.05, 3.63) is 53.1 Å². The van der Waals surface area contributed by atoms with Crippen LogP contribution in [0.4, 0.5) is 0 Å². The van der Waals surface area contributed by atoms with Crippen molar-refractivity contribution in [1.82, 2.24) is 14.9 Å². The Kier molecular flexibility index (Phi) is 4.13. The van der Waals surface area contributed by atoms with Gasteiger partial charge in [0.2, 0.25) is 0 Å². The number of methoxy groups -OCH3 is 1. The minimum Gasteiger partial charge on any atom is -0.380 e. The second-order valence-electron chi connectivity index (χ2n) is 5.68. The lowest BCUT2D eigenvalue weighted by Crippen LogP contribution is -2.33. The van der Waals surface area contributed by atoms with E-state index in [1.807, 2.05) is 6.92 Å². The number of ether oxygens (including phenoxy) is 1. The van der Waals surface area contributed by atoms with Gasteiger partial charge in [-0.3, -0.25) is 4.79 Å². The molecule has 6 heteroatoms. The molecule has 1 aromatic heterocycles. The molecule has 1 aliphatic rings. The average molecular weight is 310 g/mol. The smallest absolute Gasteiger partial charge is 0.254 e. The largest absolute Gasteiger partial charge is 0.380 e. The second-order valence-corrected chi connectivity index (χ2v) is 5.68. The van der Waals surface area contributed by atoms with Gasteiger partial charge in [-0.05, 0) is 30.7 Å². The number of amides is 1. The van der Waals surface area contributed by atoms with Gasteiger partial charge in [0.15, 0.2) is 0 Å². The predicted molar refractivity (Wildman–Crippen MR) is 83.7 cm³/mol. The zero-order valence-electron chi connectivity index (χ0n) is 13.1. The Bertz CT molecular complexity index is 748. The number of benzene rings is 1. The van der Waals surface area contributed by atoms with Gasteiger partial charge in [-0.2, -0.15) is 5.26 Å². The number of rotatable bonds is 3. The standard InChI is InChI=1S/C17H18N4O2/c1-11-7-12(9-18)3-4-14(11)17(22)21-10-13(23-2)8-15(21)16-19-5-6-20-16/h3-7,13,15H,8,10H2,1-2H3,(H,19,20)/t13-,15?/m1/s1. The van der Waals surface area contributed by atoms with Crippen molar-refractivity contribution in [3.63, 3.8) is 0 Å². The van der Waals surface area contributed by atoms with Crippen molar-refractivity contribution in [2.45, 2.75) is 25.5 Å². The summed E-state index contributed by atoms with van der Waals surface area (Å²) in [5.41, 5.74) is 1.96. The van der Waals surface area contributed by atoms with E-state index in [4.69, 9.17) is 10.00 Å². The highest BCUT2D eigenvalue weighted by atomic mass is 16.5. The van der Waals surface area contributed by atoms with Crippen molar-refractivity contribution in [1.29, 1.82) is 5.26 Å². The number of likely N-dealkylation sites (tertiary alicyclic amines) is 1. The number of imidazole rings is 1. The maximum absolute atomic E-state index is 13.0. The molecule has 23 heavy (non-hydrogen) atoms. The second kappa shape index (κ2) is 6.23. The summed E-state index contributed by atoms with van der Waals surface area (Å²) in [5.74, 6) is 0.706. The zero-order chi connectivity index (χ0) is 16.4. The van der Waals surface area contributed by atoms with Crippen molar-refractivity contribution in [2.24, 2.45) is 0 Å². The van der Waals surface area contributed by atoms with E-state index >= 15 is 0 Å². The third-order valence-corrected chi connectivity index (χ3v) is 4.28. The van der Waals surface area contributed by atoms with Gasteiger partial charge in [0.1, 0.15) is 5.82 Å². The minimum atomic E-state index is -0.127. The Morgan fingerprint density at radius 3 is 2.96 bits per heavy atom. The van der Waals surface area contributed by atoms with Crippen molar-refractivity contribution < 1.29 is 9.53 Å². The molecule has 0 spiro atoms. The summed E-state index contributed by atoms with van der Waals surface area (Å²) in [7, 11) is 1.66. The average Bonchev–Trinajstić information content (AvgIpc) is 3.22. The first-order valence-electron chi connectivity index (χ1n) is 7.47. The van der Waals surface area contributed by atoms with Crippen LogP contribution in [-0.4, -0.2) is 40.5 Å². The lowest BCUT2D eigenvalue weighted by Gasteiger charge is -2.23. The van der Waals surface area contributed by atoms with Crippen LogP contribution in [0.2, 0.25) is 0 Å². The van der Waals surface area contributed by atoms with Gasteiger partial charge in [0.25, 0.3) is 5.91 Å². The molecule has 1 unspecified atom stereocenters. The van der Waals surface area contributed by atoms with Gasteiger partial charge >= 0.3 is 0 Å². The molecule has 0 bridgehead atoms. The molecule has 6 nitrogen and oxygen atoms in total. The third-order valence-electron chi connectivity index (χ3n) is 4.28. The third kappa shape index (κ3) is 2.83. The molecule has 0 saturated carbocycles. The summed E-state index contributed by atoms with van der Waals surface area (Å²) in [5, 5.41) is 8.96. The Labute approximate surface area is 134 Å². The highest BCUT2D eigenvalue weighted by molar-refractivity contribution is 5.96. The van der Waals surface area contributed by atoms with E-state index in [2.05, 4.69) is 16.0 Å². The number of aromatic amines is 1. The Morgan fingerprint density at radius 2 is 2.35 bits per heavy atom. The molecule has 2 aromatic rings. The maximum atomic E-state index is 13.0. The molecule has 1 fully saturated rings. The van der Waals surface area contributed by atoms with E-state index < -0.39 is 0 Å². The number of nitrogens with zero attached hydrogens (tertiary/aromatic N) is 3. The van der Waals surface area contributed by atoms with E-state index in [0.29, 0.717) is 24.1 Å². The normalized spacial score (nSPS) is 20.5. The SMILES string of the molecule is CO[C@@H]1CC(c2ncc[nH]2)N(C(=O)c2ccc(C#N)cc2C)C1. The molecule has 1 aromatic carbocycles. The van der Waals surface area contributed by atoms with Gasteiger partial charge in [-0.1, -0.05) is 0 Å². The van der Waals surface area contributed by atoms with Crippen LogP contribution in [0.3, 0.4) is 0 Å². The Morgan fingerprint density at radius 1 is 1.52 bits per heavy atom. The molecule has 118 valence electrons. The fourth-order valence-corrected chi connectivity index (χ4v) is 3.04. The molecule has 1 aliphatic heterocycles. The highest BCUT2D eigenvalue weighted by Crippen LogP contribution is 2.33. The molecule has 3 rings (SSSR count). The summed E-state index contributed by atoms with van der Waals surface area (Å²) in [6, 6.07) is 7.09. The number of hydrogen-bond acceptors (Lipinski definition) is 4. The number of carbonyl (C=O) groups is 1. The molecule has 2 heterocycles. The van der Waals surface area contributed by atoms with Crippen LogP contribution in [0.1, 0.15) is 39.8 Å². The van der Waals surface area contributed by atoms with Gasteiger partial charge in [0, 0.05) is 38.0 Å². The summed E-state index contributed by atoms with van der Waals surface area (Å²) in [6.45, 7) is 2.37. The number of carbonyl (C=O) groups excluding carboxylic acids is 1. The van der Waals surface area contributed by atoms with Crippen molar-refractivity contribution in [2.75, 3.05) is 13.7 Å². The Hall–Kier alpha value is -2.65. The summed E-state index contributed by atoms with van der Waals surface area (Å²) >= 11 is 0. The molecule has 0 aliphatic carbocycles. The highest BCUT2D eigenvalue weighted by Gasteiger charge is 2.38. The zero-order valence-corrected chi connectivity index (χ0v) is 13.1. The van der Waals surface area contributed by atoms with Gasteiger partial charge < -0.3 is 14.6 Å². The first-order valence-corrected chi connectivity index (χ1v) is 7.47. The lowest BCUT2D eigenvalue weighted by atomic mass is 10.0. The topological polar surface area (TPSA) is 82.0 Å². The number of nitriles is 1. The molecular weight excluding hydrogens is 292 g/mol. The van der Waals surface area contributed by atoms with Crippen molar-refractivity contribution >= 4 is 5.91 Å². The fraction of sp³-hybridized carbons (Fsp3) is 0.353. The number of H-pyrrole nitrogens is 1. The monoisotopic (exact) mass is 310 g/mol. The molecule has 1 N–H and O–H groups in total. The van der Waals surface area contributed by atoms with Gasteiger partial charge in [-0.15, -0.1) is 0 Å². The first-order chi connectivity index (χ1) is 11.1. The van der Waals surface area contributed by atoms with Crippen LogP contribution in [0.5, 0.6) is 0 Å². The maximum Gasteiger partial charge on any atom is 0.254 e.